The van der Waals surface area contributed by atoms with Gasteiger partial charge in [-0.3, -0.25) is 0 Å². The highest BCUT2D eigenvalue weighted by atomic mass is 16.5. The quantitative estimate of drug-likeness (QED) is 0.919. The molecule has 3 atom stereocenters. The van der Waals surface area contributed by atoms with Crippen LogP contribution >= 0.6 is 0 Å². The molecule has 1 N–H and O–H groups in total. The van der Waals surface area contributed by atoms with Crippen molar-refractivity contribution in [1.29, 1.82) is 0 Å². The highest BCUT2D eigenvalue weighted by molar-refractivity contribution is 5.03. The number of rotatable bonds is 4. The smallest absolute Gasteiger partial charge is 0.176 e. The number of methoxy groups -OCH3 is 1. The second-order valence-electron chi connectivity index (χ2n) is 6.27. The lowest BCUT2D eigenvalue weighted by atomic mass is 9.85. The maximum atomic E-state index is 5.15. The summed E-state index contributed by atoms with van der Waals surface area (Å²) < 4.78 is 7.22. The molecule has 1 saturated carbocycles. The van der Waals surface area contributed by atoms with Gasteiger partial charge in [0, 0.05) is 19.7 Å². The molecule has 0 spiro atoms. The maximum Gasteiger partial charge on any atom is 0.176 e. The summed E-state index contributed by atoms with van der Waals surface area (Å²) in [5, 5.41) is 8.40. The zero-order valence-electron chi connectivity index (χ0n) is 12.6. The number of hydrogen-bond acceptors (Lipinski definition) is 4. The summed E-state index contributed by atoms with van der Waals surface area (Å²) in [6.07, 6.45) is 7.76. The zero-order chi connectivity index (χ0) is 13.9. The maximum absolute atomic E-state index is 5.15. The van der Waals surface area contributed by atoms with Crippen molar-refractivity contribution >= 4 is 0 Å². The van der Waals surface area contributed by atoms with Crippen LogP contribution in [0.3, 0.4) is 0 Å². The number of aryl methyl sites for hydroxylation is 1. The second kappa shape index (κ2) is 6.22. The minimum absolute atomic E-state index is 0.368. The molecule has 20 heavy (non-hydrogen) atoms. The van der Waals surface area contributed by atoms with E-state index in [1.54, 1.807) is 7.11 Å². The Labute approximate surface area is 121 Å². The summed E-state index contributed by atoms with van der Waals surface area (Å²) in [4.78, 5) is 4.68. The van der Waals surface area contributed by atoms with Gasteiger partial charge in [0.05, 0.1) is 6.04 Å². The molecule has 1 aromatic rings. The minimum atomic E-state index is 0.368. The molecule has 0 aromatic carbocycles. The summed E-state index contributed by atoms with van der Waals surface area (Å²) in [7, 11) is 1.69. The molecule has 1 aromatic heterocycles. The topological polar surface area (TPSA) is 52.0 Å². The van der Waals surface area contributed by atoms with Gasteiger partial charge in [-0.1, -0.05) is 19.8 Å². The lowest BCUT2D eigenvalue weighted by Gasteiger charge is -2.34. The number of nitrogens with one attached hydrogen (secondary N) is 1. The first-order chi connectivity index (χ1) is 9.78. The second-order valence-corrected chi connectivity index (χ2v) is 6.27. The first-order valence-electron chi connectivity index (χ1n) is 7.96. The van der Waals surface area contributed by atoms with E-state index in [1.165, 1.54) is 38.5 Å². The number of nitrogens with zero attached hydrogens (tertiary/aromatic N) is 3. The molecular weight excluding hydrogens is 252 g/mol. The highest BCUT2D eigenvalue weighted by Gasteiger charge is 2.29. The van der Waals surface area contributed by atoms with Crippen LogP contribution in [0.25, 0.3) is 0 Å². The van der Waals surface area contributed by atoms with Crippen molar-refractivity contribution in [3.63, 3.8) is 0 Å². The van der Waals surface area contributed by atoms with Gasteiger partial charge >= 0.3 is 0 Å². The minimum Gasteiger partial charge on any atom is -0.377 e. The summed E-state index contributed by atoms with van der Waals surface area (Å²) >= 11 is 0. The van der Waals surface area contributed by atoms with Gasteiger partial charge in [-0.2, -0.15) is 5.10 Å². The Bertz CT molecular complexity index is 445. The van der Waals surface area contributed by atoms with E-state index in [-0.39, 0.29) is 0 Å². The number of fused-ring (bicyclic) bond motifs is 1. The Kier molecular flexibility index (Phi) is 4.36. The Morgan fingerprint density at radius 2 is 2.10 bits per heavy atom. The first kappa shape index (κ1) is 14.0. The van der Waals surface area contributed by atoms with Crippen LogP contribution in [0.15, 0.2) is 0 Å². The third-order valence-corrected chi connectivity index (χ3v) is 4.72. The molecule has 0 unspecified atom stereocenters. The number of aromatic nitrogens is 3. The van der Waals surface area contributed by atoms with Gasteiger partial charge in [-0.25, -0.2) is 9.67 Å². The Balaban J connectivity index is 1.72. The average Bonchev–Trinajstić information content (AvgIpc) is 2.85. The van der Waals surface area contributed by atoms with Crippen LogP contribution in [-0.4, -0.2) is 27.9 Å². The van der Waals surface area contributed by atoms with Crippen LogP contribution in [0.5, 0.6) is 0 Å². The van der Waals surface area contributed by atoms with Crippen molar-refractivity contribution in [2.75, 3.05) is 7.11 Å². The van der Waals surface area contributed by atoms with Crippen molar-refractivity contribution in [3.05, 3.63) is 11.6 Å². The van der Waals surface area contributed by atoms with Gasteiger partial charge in [0.25, 0.3) is 0 Å². The van der Waals surface area contributed by atoms with E-state index in [9.17, 15) is 0 Å². The normalized spacial score (nSPS) is 30.2. The zero-order valence-corrected chi connectivity index (χ0v) is 12.6. The molecule has 5 nitrogen and oxygen atoms in total. The lowest BCUT2D eigenvalue weighted by molar-refractivity contribution is 0.177. The van der Waals surface area contributed by atoms with E-state index in [0.29, 0.717) is 18.7 Å². The van der Waals surface area contributed by atoms with Crippen LogP contribution < -0.4 is 5.32 Å². The molecule has 5 heteroatoms. The van der Waals surface area contributed by atoms with E-state index >= 15 is 0 Å². The molecule has 1 aliphatic heterocycles. The van der Waals surface area contributed by atoms with E-state index in [1.807, 2.05) is 0 Å². The van der Waals surface area contributed by atoms with Crippen molar-refractivity contribution in [1.82, 2.24) is 20.1 Å². The standard InChI is InChI=1S/C15H26N4O/c1-11-6-3-4-7-12(11)16-13-8-5-9-19-15(13)17-14(18-19)10-20-2/h11-13,16H,3-10H2,1-2H3/t11-,12-,13+/m1/s1. The van der Waals surface area contributed by atoms with Gasteiger partial charge in [-0.15, -0.1) is 0 Å². The summed E-state index contributed by atoms with van der Waals surface area (Å²) in [5.74, 6) is 2.70. The van der Waals surface area contributed by atoms with Gasteiger partial charge in [0.15, 0.2) is 5.82 Å². The number of ether oxygens (including phenoxy) is 1. The van der Waals surface area contributed by atoms with E-state index < -0.39 is 0 Å². The lowest BCUT2D eigenvalue weighted by Crippen LogP contribution is -2.41. The molecule has 1 aliphatic carbocycles. The first-order valence-corrected chi connectivity index (χ1v) is 7.96. The fraction of sp³-hybridized carbons (Fsp3) is 0.867. The molecule has 2 heterocycles. The summed E-state index contributed by atoms with van der Waals surface area (Å²) in [6, 6.07) is 1.01. The molecule has 3 rings (SSSR count). The van der Waals surface area contributed by atoms with Gasteiger partial charge in [-0.05, 0) is 31.6 Å². The third-order valence-electron chi connectivity index (χ3n) is 4.72. The Morgan fingerprint density at radius 3 is 2.90 bits per heavy atom. The Hall–Kier alpha value is -0.940. The van der Waals surface area contributed by atoms with Crippen LogP contribution in [0.4, 0.5) is 0 Å². The highest BCUT2D eigenvalue weighted by Crippen LogP contribution is 2.29. The predicted molar refractivity (Wildman–Crippen MR) is 77.3 cm³/mol. The van der Waals surface area contributed by atoms with Gasteiger partial charge in [0.2, 0.25) is 0 Å². The molecule has 0 amide bonds. The Morgan fingerprint density at radius 1 is 1.25 bits per heavy atom. The molecule has 2 aliphatic rings. The van der Waals surface area contributed by atoms with E-state index in [2.05, 4.69) is 27.0 Å². The summed E-state index contributed by atoms with van der Waals surface area (Å²) in [6.45, 7) is 3.87. The molecule has 0 radical (unpaired) electrons. The predicted octanol–water partition coefficient (Wildman–Crippen LogP) is 2.43. The SMILES string of the molecule is COCc1nc2n(n1)CCC[C@@H]2N[C@@H]1CCCC[C@H]1C. The van der Waals surface area contributed by atoms with Crippen molar-refractivity contribution in [3.8, 4) is 0 Å². The third kappa shape index (κ3) is 2.88. The molecule has 0 bridgehead atoms. The van der Waals surface area contributed by atoms with Crippen molar-refractivity contribution < 1.29 is 4.74 Å². The monoisotopic (exact) mass is 278 g/mol. The van der Waals surface area contributed by atoms with Crippen molar-refractivity contribution in [2.24, 2.45) is 5.92 Å². The molecule has 0 saturated heterocycles. The molecule has 1 fully saturated rings. The average molecular weight is 278 g/mol. The molecular formula is C15H26N4O. The van der Waals surface area contributed by atoms with E-state index in [4.69, 9.17) is 4.74 Å². The summed E-state index contributed by atoms with van der Waals surface area (Å²) in [5.41, 5.74) is 0. The van der Waals surface area contributed by atoms with Gasteiger partial charge in [0.1, 0.15) is 12.4 Å². The fourth-order valence-corrected chi connectivity index (χ4v) is 3.57. The fourth-order valence-electron chi connectivity index (χ4n) is 3.57. The van der Waals surface area contributed by atoms with Crippen LogP contribution in [0.2, 0.25) is 0 Å². The largest absolute Gasteiger partial charge is 0.377 e. The van der Waals surface area contributed by atoms with E-state index in [0.717, 1.165) is 24.1 Å². The molecule has 112 valence electrons. The van der Waals surface area contributed by atoms with Crippen LogP contribution in [-0.2, 0) is 17.9 Å². The van der Waals surface area contributed by atoms with Crippen LogP contribution in [0.1, 0.15) is 63.1 Å². The van der Waals surface area contributed by atoms with Crippen molar-refractivity contribution in [2.45, 2.75) is 70.7 Å². The van der Waals surface area contributed by atoms with Gasteiger partial charge < -0.3 is 10.1 Å². The van der Waals surface area contributed by atoms with Crippen LogP contribution in [0, 0.1) is 5.92 Å². The number of hydrogen-bond donors (Lipinski definition) is 1.